The number of ether oxygens (including phenoxy) is 1. The van der Waals surface area contributed by atoms with Crippen LogP contribution < -0.4 is 0 Å². The average Bonchev–Trinajstić information content (AvgIpc) is 2.28. The summed E-state index contributed by atoms with van der Waals surface area (Å²) in [6.45, 7) is 24.5. The Kier molecular flexibility index (Phi) is 8.32. The Morgan fingerprint density at radius 3 is 1.42 bits per heavy atom. The highest BCUT2D eigenvalue weighted by Crippen LogP contribution is 2.35. The predicted molar refractivity (Wildman–Crippen MR) is 106 cm³/mol. The molecule has 24 heavy (non-hydrogen) atoms. The number of hydrogen-bond donors (Lipinski definition) is 0. The van der Waals surface area contributed by atoms with Crippen molar-refractivity contribution in [3.63, 3.8) is 0 Å². The molecular formula is C16H36O5Si3. The van der Waals surface area contributed by atoms with Gasteiger partial charge in [-0.1, -0.05) is 13.5 Å². The van der Waals surface area contributed by atoms with Crippen LogP contribution in [0.3, 0.4) is 0 Å². The van der Waals surface area contributed by atoms with E-state index in [9.17, 15) is 4.79 Å². The molecule has 0 saturated carbocycles. The summed E-state index contributed by atoms with van der Waals surface area (Å²) in [5.41, 5.74) is 0.100. The minimum Gasteiger partial charge on any atom is -0.462 e. The Morgan fingerprint density at radius 1 is 0.833 bits per heavy atom. The van der Waals surface area contributed by atoms with E-state index in [4.69, 9.17) is 18.0 Å². The van der Waals surface area contributed by atoms with Crippen LogP contribution in [0.1, 0.15) is 13.3 Å². The SMILES string of the molecule is C=C(C(=O)OCCC)C(O[Si](C)(C)C)(O[Si](C)(C)C)O[Si](C)(C)C. The van der Waals surface area contributed by atoms with E-state index in [2.05, 4.69) is 6.58 Å². The average molecular weight is 393 g/mol. The molecule has 0 aromatic heterocycles. The van der Waals surface area contributed by atoms with Crippen LogP contribution in [0.5, 0.6) is 0 Å². The fourth-order valence-corrected chi connectivity index (χ4v) is 5.15. The van der Waals surface area contributed by atoms with Crippen LogP contribution in [-0.4, -0.2) is 43.5 Å². The topological polar surface area (TPSA) is 54.0 Å². The van der Waals surface area contributed by atoms with Crippen LogP contribution >= 0.6 is 0 Å². The van der Waals surface area contributed by atoms with Crippen molar-refractivity contribution in [1.29, 1.82) is 0 Å². The highest BCUT2D eigenvalue weighted by Gasteiger charge is 2.50. The number of esters is 1. The van der Waals surface area contributed by atoms with Crippen molar-refractivity contribution in [2.75, 3.05) is 6.61 Å². The van der Waals surface area contributed by atoms with Gasteiger partial charge in [-0.2, -0.15) is 0 Å². The molecular weight excluding hydrogens is 356 g/mol. The van der Waals surface area contributed by atoms with Crippen molar-refractivity contribution in [1.82, 2.24) is 0 Å². The molecule has 0 bridgehead atoms. The summed E-state index contributed by atoms with van der Waals surface area (Å²) in [6, 6.07) is 0. The molecule has 0 rings (SSSR count). The third kappa shape index (κ3) is 9.28. The van der Waals surface area contributed by atoms with E-state index in [-0.39, 0.29) is 5.57 Å². The quantitative estimate of drug-likeness (QED) is 0.233. The molecule has 0 unspecified atom stereocenters. The van der Waals surface area contributed by atoms with Crippen LogP contribution in [0, 0.1) is 0 Å². The smallest absolute Gasteiger partial charge is 0.341 e. The molecule has 0 aliphatic carbocycles. The first-order valence-corrected chi connectivity index (χ1v) is 18.7. The second-order valence-corrected chi connectivity index (χ2v) is 22.1. The second kappa shape index (κ2) is 8.41. The van der Waals surface area contributed by atoms with Gasteiger partial charge in [0.15, 0.2) is 25.0 Å². The number of hydrogen-bond acceptors (Lipinski definition) is 5. The molecule has 0 aromatic carbocycles. The van der Waals surface area contributed by atoms with Gasteiger partial charge < -0.3 is 18.0 Å². The molecule has 142 valence electrons. The van der Waals surface area contributed by atoms with Crippen molar-refractivity contribution in [2.45, 2.75) is 78.2 Å². The maximum absolute atomic E-state index is 12.5. The summed E-state index contributed by atoms with van der Waals surface area (Å²) in [4.78, 5) is 12.5. The first kappa shape index (κ1) is 23.7. The van der Waals surface area contributed by atoms with Gasteiger partial charge in [-0.05, 0) is 65.3 Å². The normalized spacial score (nSPS) is 13.8. The molecule has 0 saturated heterocycles. The number of rotatable bonds is 10. The van der Waals surface area contributed by atoms with E-state index in [0.29, 0.717) is 6.61 Å². The van der Waals surface area contributed by atoms with Crippen molar-refractivity contribution in [3.05, 3.63) is 12.2 Å². The van der Waals surface area contributed by atoms with E-state index >= 15 is 0 Å². The highest BCUT2D eigenvalue weighted by molar-refractivity contribution is 6.72. The Balaban J connectivity index is 5.95. The lowest BCUT2D eigenvalue weighted by Gasteiger charge is -2.45. The molecule has 0 amide bonds. The first-order valence-electron chi connectivity index (χ1n) is 8.48. The standard InChI is InChI=1S/C16H36O5Si3/c1-12-13-18-15(17)14(2)16(19-22(3,4)5,20-23(6,7)8)21-24(9,10)11/h2,12-13H2,1,3-11H3. The van der Waals surface area contributed by atoms with Gasteiger partial charge in [0.2, 0.25) is 0 Å². The lowest BCUT2D eigenvalue weighted by molar-refractivity contribution is -0.242. The molecule has 8 heteroatoms. The molecule has 0 aliphatic rings. The fraction of sp³-hybridized carbons (Fsp3) is 0.812. The molecule has 0 heterocycles. The minimum absolute atomic E-state index is 0.100. The molecule has 0 aliphatic heterocycles. The zero-order valence-corrected chi connectivity index (χ0v) is 20.2. The van der Waals surface area contributed by atoms with Crippen LogP contribution in [-0.2, 0) is 22.8 Å². The summed E-state index contributed by atoms with van der Waals surface area (Å²) in [6.07, 6.45) is 0.741. The van der Waals surface area contributed by atoms with E-state index in [1.165, 1.54) is 0 Å². The molecule has 0 aromatic rings. The van der Waals surface area contributed by atoms with Gasteiger partial charge in [-0.25, -0.2) is 4.79 Å². The van der Waals surface area contributed by atoms with Crippen molar-refractivity contribution < 1.29 is 22.8 Å². The second-order valence-electron chi connectivity index (χ2n) is 8.81. The molecule has 0 N–H and O–H groups in total. The number of carbonyl (C=O) groups is 1. The van der Waals surface area contributed by atoms with Crippen LogP contribution in [0.25, 0.3) is 0 Å². The first-order chi connectivity index (χ1) is 10.5. The highest BCUT2D eigenvalue weighted by atomic mass is 28.4. The van der Waals surface area contributed by atoms with E-state index in [1.807, 2.05) is 65.8 Å². The summed E-state index contributed by atoms with van der Waals surface area (Å²) < 4.78 is 24.2. The van der Waals surface area contributed by atoms with Crippen molar-refractivity contribution in [2.24, 2.45) is 0 Å². The van der Waals surface area contributed by atoms with E-state index in [0.717, 1.165) is 6.42 Å². The summed E-state index contributed by atoms with van der Waals surface area (Å²) in [5.74, 6) is -2.07. The van der Waals surface area contributed by atoms with Gasteiger partial charge >= 0.3 is 5.97 Å². The third-order valence-electron chi connectivity index (χ3n) is 2.37. The zero-order chi connectivity index (χ0) is 19.4. The van der Waals surface area contributed by atoms with Gasteiger partial charge in [0.1, 0.15) is 5.57 Å². The zero-order valence-electron chi connectivity index (χ0n) is 17.2. The molecule has 0 radical (unpaired) electrons. The monoisotopic (exact) mass is 392 g/mol. The third-order valence-corrected chi connectivity index (χ3v) is 5.02. The Morgan fingerprint density at radius 2 is 1.17 bits per heavy atom. The van der Waals surface area contributed by atoms with Crippen LogP contribution in [0.15, 0.2) is 12.2 Å². The predicted octanol–water partition coefficient (Wildman–Crippen LogP) is 4.70. The van der Waals surface area contributed by atoms with Gasteiger partial charge in [-0.15, -0.1) is 0 Å². The van der Waals surface area contributed by atoms with E-state index < -0.39 is 36.9 Å². The Bertz CT molecular complexity index is 403. The minimum atomic E-state index is -2.11. The van der Waals surface area contributed by atoms with Crippen molar-refractivity contribution >= 4 is 30.9 Å². The largest absolute Gasteiger partial charge is 0.462 e. The van der Waals surface area contributed by atoms with Gasteiger partial charge in [0.05, 0.1) is 6.61 Å². The molecule has 5 nitrogen and oxygen atoms in total. The van der Waals surface area contributed by atoms with Gasteiger partial charge in [0.25, 0.3) is 5.97 Å². The lowest BCUT2D eigenvalue weighted by Crippen LogP contribution is -2.58. The van der Waals surface area contributed by atoms with Gasteiger partial charge in [-0.3, -0.25) is 0 Å². The lowest BCUT2D eigenvalue weighted by atomic mass is 10.2. The summed E-state index contributed by atoms with van der Waals surface area (Å²) >= 11 is 0. The Hall–Kier alpha value is -0.259. The molecule has 0 atom stereocenters. The molecule has 0 spiro atoms. The molecule has 0 fully saturated rings. The fourth-order valence-electron chi connectivity index (χ4n) is 1.86. The van der Waals surface area contributed by atoms with E-state index in [1.54, 1.807) is 0 Å². The van der Waals surface area contributed by atoms with Crippen LogP contribution in [0.4, 0.5) is 0 Å². The van der Waals surface area contributed by atoms with Gasteiger partial charge in [0, 0.05) is 0 Å². The number of carbonyl (C=O) groups excluding carboxylic acids is 1. The maximum Gasteiger partial charge on any atom is 0.341 e. The summed E-state index contributed by atoms with van der Waals surface area (Å²) in [5, 5.41) is 0. The Labute approximate surface area is 151 Å². The summed E-state index contributed by atoms with van der Waals surface area (Å²) in [7, 11) is -6.32. The maximum atomic E-state index is 12.5. The van der Waals surface area contributed by atoms with Crippen molar-refractivity contribution in [3.8, 4) is 0 Å². The van der Waals surface area contributed by atoms with Crippen LogP contribution in [0.2, 0.25) is 58.9 Å².